The maximum Gasteiger partial charge on any atom is 0.0340 e. The van der Waals surface area contributed by atoms with E-state index in [1.54, 1.807) is 0 Å². The van der Waals surface area contributed by atoms with Gasteiger partial charge in [0.25, 0.3) is 0 Å². The van der Waals surface area contributed by atoms with Crippen molar-refractivity contribution in [1.29, 1.82) is 0 Å². The van der Waals surface area contributed by atoms with Crippen LogP contribution in [0.3, 0.4) is 0 Å². The van der Waals surface area contributed by atoms with Gasteiger partial charge < -0.3 is 5.32 Å². The molecule has 1 aromatic rings. The lowest BCUT2D eigenvalue weighted by molar-refractivity contribution is 0.519. The average Bonchev–Trinajstić information content (AvgIpc) is 2.22. The maximum absolute atomic E-state index is 3.47. The quantitative estimate of drug-likeness (QED) is 0.806. The molecule has 0 saturated carbocycles. The summed E-state index contributed by atoms with van der Waals surface area (Å²) in [7, 11) is 0. The molecule has 0 saturated heterocycles. The monoisotopic (exact) mass is 303 g/mol. The molecule has 0 aliphatic carbocycles. The first-order chi connectivity index (χ1) is 6.76. The van der Waals surface area contributed by atoms with Crippen molar-refractivity contribution in [2.45, 2.75) is 26.7 Å². The first-order valence-electron chi connectivity index (χ1n) is 5.25. The van der Waals surface area contributed by atoms with Gasteiger partial charge in [-0.25, -0.2) is 0 Å². The molecule has 0 spiro atoms. The number of halogens is 1. The fraction of sp³-hybridized carbons (Fsp3) is 0.500. The van der Waals surface area contributed by atoms with Crippen LogP contribution in [0, 0.1) is 9.49 Å². The van der Waals surface area contributed by atoms with Crippen LogP contribution in [0.1, 0.15) is 26.7 Å². The summed E-state index contributed by atoms with van der Waals surface area (Å²) in [6.45, 7) is 5.60. The normalized spacial score (nSPS) is 10.6. The van der Waals surface area contributed by atoms with Crippen molar-refractivity contribution in [1.82, 2.24) is 0 Å². The molecule has 0 radical (unpaired) electrons. The van der Waals surface area contributed by atoms with Crippen molar-refractivity contribution in [2.24, 2.45) is 5.92 Å². The molecular weight excluding hydrogens is 285 g/mol. The van der Waals surface area contributed by atoms with Crippen molar-refractivity contribution in [3.63, 3.8) is 0 Å². The van der Waals surface area contributed by atoms with Crippen LogP contribution in [0.4, 0.5) is 5.69 Å². The van der Waals surface area contributed by atoms with E-state index < -0.39 is 0 Å². The molecule has 14 heavy (non-hydrogen) atoms. The Bertz CT molecular complexity index is 252. The molecule has 0 amide bonds. The first-order valence-corrected chi connectivity index (χ1v) is 6.33. The van der Waals surface area contributed by atoms with Crippen molar-refractivity contribution < 1.29 is 0 Å². The second-order valence-corrected chi connectivity index (χ2v) is 4.82. The number of benzene rings is 1. The van der Waals surface area contributed by atoms with E-state index in [4.69, 9.17) is 0 Å². The minimum Gasteiger partial charge on any atom is -0.385 e. The van der Waals surface area contributed by atoms with Gasteiger partial charge in [-0.2, -0.15) is 0 Å². The number of hydrogen-bond acceptors (Lipinski definition) is 1. The minimum atomic E-state index is 0.800. The average molecular weight is 303 g/mol. The van der Waals surface area contributed by atoms with E-state index in [0.29, 0.717) is 0 Å². The van der Waals surface area contributed by atoms with E-state index in [2.05, 4.69) is 66.0 Å². The summed E-state index contributed by atoms with van der Waals surface area (Å²) in [5.74, 6) is 0.800. The molecule has 0 heterocycles. The highest BCUT2D eigenvalue weighted by molar-refractivity contribution is 14.1. The van der Waals surface area contributed by atoms with E-state index in [9.17, 15) is 0 Å². The topological polar surface area (TPSA) is 12.0 Å². The lowest BCUT2D eigenvalue weighted by Gasteiger charge is -2.14. The van der Waals surface area contributed by atoms with Gasteiger partial charge >= 0.3 is 0 Å². The Balaban J connectivity index is 2.41. The Hall–Kier alpha value is -0.250. The molecular formula is C12H18IN. The SMILES string of the molecule is CCC(CC)CNc1ccc(I)cc1. The van der Waals surface area contributed by atoms with Crippen LogP contribution in [-0.2, 0) is 0 Å². The Labute approximate surface area is 100 Å². The summed E-state index contributed by atoms with van der Waals surface area (Å²) in [5, 5.41) is 3.47. The number of rotatable bonds is 5. The molecule has 0 aromatic heterocycles. The Morgan fingerprint density at radius 1 is 1.14 bits per heavy atom. The smallest absolute Gasteiger partial charge is 0.0340 e. The van der Waals surface area contributed by atoms with E-state index in [0.717, 1.165) is 12.5 Å². The Morgan fingerprint density at radius 2 is 1.71 bits per heavy atom. The third-order valence-electron chi connectivity index (χ3n) is 2.59. The minimum absolute atomic E-state index is 0.800. The lowest BCUT2D eigenvalue weighted by atomic mass is 10.0. The molecule has 0 unspecified atom stereocenters. The molecule has 0 aliphatic heterocycles. The maximum atomic E-state index is 3.47. The second-order valence-electron chi connectivity index (χ2n) is 3.57. The first kappa shape index (κ1) is 11.8. The van der Waals surface area contributed by atoms with Gasteiger partial charge in [0.05, 0.1) is 0 Å². The highest BCUT2D eigenvalue weighted by Gasteiger charge is 2.02. The van der Waals surface area contributed by atoms with Crippen LogP contribution >= 0.6 is 22.6 Å². The second kappa shape index (κ2) is 6.27. The summed E-state index contributed by atoms with van der Waals surface area (Å²) in [4.78, 5) is 0. The number of hydrogen-bond donors (Lipinski definition) is 1. The van der Waals surface area contributed by atoms with Gasteiger partial charge in [-0.3, -0.25) is 0 Å². The van der Waals surface area contributed by atoms with E-state index >= 15 is 0 Å². The van der Waals surface area contributed by atoms with E-state index in [1.807, 2.05) is 0 Å². The lowest BCUT2D eigenvalue weighted by Crippen LogP contribution is -2.12. The van der Waals surface area contributed by atoms with Crippen molar-refractivity contribution >= 4 is 28.3 Å². The summed E-state index contributed by atoms with van der Waals surface area (Å²) in [6, 6.07) is 8.56. The molecule has 1 N–H and O–H groups in total. The van der Waals surface area contributed by atoms with Gasteiger partial charge in [-0.15, -0.1) is 0 Å². The fourth-order valence-electron chi connectivity index (χ4n) is 1.41. The predicted octanol–water partition coefficient (Wildman–Crippen LogP) is 4.14. The molecule has 0 fully saturated rings. The molecule has 1 nitrogen and oxygen atoms in total. The highest BCUT2D eigenvalue weighted by Crippen LogP contribution is 2.13. The van der Waals surface area contributed by atoms with Crippen LogP contribution in [0.25, 0.3) is 0 Å². The van der Waals surface area contributed by atoms with Gasteiger partial charge in [-0.05, 0) is 52.8 Å². The Kier molecular flexibility index (Phi) is 5.30. The molecule has 0 aliphatic rings. The van der Waals surface area contributed by atoms with E-state index in [1.165, 1.54) is 22.1 Å². The van der Waals surface area contributed by atoms with Gasteiger partial charge in [0.1, 0.15) is 0 Å². The summed E-state index contributed by atoms with van der Waals surface area (Å²) in [5.41, 5.74) is 1.23. The number of anilines is 1. The fourth-order valence-corrected chi connectivity index (χ4v) is 1.77. The third-order valence-corrected chi connectivity index (χ3v) is 3.31. The zero-order valence-corrected chi connectivity index (χ0v) is 11.0. The van der Waals surface area contributed by atoms with Gasteiger partial charge in [0.2, 0.25) is 0 Å². The van der Waals surface area contributed by atoms with Crippen molar-refractivity contribution in [2.75, 3.05) is 11.9 Å². The molecule has 0 atom stereocenters. The molecule has 1 rings (SSSR count). The van der Waals surface area contributed by atoms with Crippen LogP contribution < -0.4 is 5.32 Å². The van der Waals surface area contributed by atoms with Gasteiger partial charge in [0.15, 0.2) is 0 Å². The highest BCUT2D eigenvalue weighted by atomic mass is 127. The zero-order chi connectivity index (χ0) is 10.4. The summed E-state index contributed by atoms with van der Waals surface area (Å²) in [6.07, 6.45) is 2.52. The molecule has 78 valence electrons. The van der Waals surface area contributed by atoms with Gasteiger partial charge in [0, 0.05) is 15.8 Å². The van der Waals surface area contributed by atoms with Gasteiger partial charge in [-0.1, -0.05) is 26.7 Å². The predicted molar refractivity (Wildman–Crippen MR) is 71.7 cm³/mol. The van der Waals surface area contributed by atoms with Crippen LogP contribution in [0.5, 0.6) is 0 Å². The van der Waals surface area contributed by atoms with E-state index in [-0.39, 0.29) is 0 Å². The van der Waals surface area contributed by atoms with Crippen LogP contribution in [-0.4, -0.2) is 6.54 Å². The summed E-state index contributed by atoms with van der Waals surface area (Å²) < 4.78 is 1.29. The van der Waals surface area contributed by atoms with Crippen molar-refractivity contribution in [3.05, 3.63) is 27.8 Å². The summed E-state index contributed by atoms with van der Waals surface area (Å²) >= 11 is 2.33. The molecule has 1 aromatic carbocycles. The number of nitrogens with one attached hydrogen (secondary N) is 1. The molecule has 2 heteroatoms. The third kappa shape index (κ3) is 3.86. The molecule has 0 bridgehead atoms. The van der Waals surface area contributed by atoms with Crippen LogP contribution in [0.15, 0.2) is 24.3 Å². The zero-order valence-electron chi connectivity index (χ0n) is 8.89. The van der Waals surface area contributed by atoms with Crippen LogP contribution in [0.2, 0.25) is 0 Å². The largest absolute Gasteiger partial charge is 0.385 e. The Morgan fingerprint density at radius 3 is 2.21 bits per heavy atom. The van der Waals surface area contributed by atoms with Crippen molar-refractivity contribution in [3.8, 4) is 0 Å². The standard InChI is InChI=1S/C12H18IN/c1-3-10(4-2)9-14-12-7-5-11(13)6-8-12/h5-8,10,14H,3-4,9H2,1-2H3.